The fraction of sp³-hybridized carbons (Fsp3) is 0.235. The number of carbonyl (C=O) groups is 2. The first kappa shape index (κ1) is 19.8. The van der Waals surface area contributed by atoms with Crippen molar-refractivity contribution in [2.45, 2.75) is 6.54 Å². The molecular formula is C17H17FN6O5. The van der Waals surface area contributed by atoms with Gasteiger partial charge in [0.05, 0.1) is 13.7 Å². The molecular weight excluding hydrogens is 387 g/mol. The van der Waals surface area contributed by atoms with E-state index in [0.29, 0.717) is 5.56 Å². The van der Waals surface area contributed by atoms with Crippen LogP contribution in [0, 0.1) is 5.82 Å². The number of aromatic nitrogens is 3. The molecule has 29 heavy (non-hydrogen) atoms. The first-order valence-corrected chi connectivity index (χ1v) is 8.23. The normalized spacial score (nSPS) is 10.6. The summed E-state index contributed by atoms with van der Waals surface area (Å²) < 4.78 is 28.7. The van der Waals surface area contributed by atoms with Gasteiger partial charge in [0.2, 0.25) is 0 Å². The number of anilines is 1. The zero-order valence-corrected chi connectivity index (χ0v) is 15.7. The molecule has 152 valence electrons. The van der Waals surface area contributed by atoms with E-state index in [1.54, 1.807) is 19.0 Å². The van der Waals surface area contributed by atoms with Crippen LogP contribution in [-0.4, -0.2) is 48.3 Å². The van der Waals surface area contributed by atoms with Crippen LogP contribution in [0.15, 0.2) is 27.2 Å². The number of rotatable bonds is 7. The summed E-state index contributed by atoms with van der Waals surface area (Å²) in [6.07, 6.45) is 0. The number of nitrogens with one attached hydrogen (secondary N) is 1. The minimum absolute atomic E-state index is 0.0116. The van der Waals surface area contributed by atoms with Crippen molar-refractivity contribution in [3.05, 3.63) is 41.3 Å². The summed E-state index contributed by atoms with van der Waals surface area (Å²) in [5.41, 5.74) is 5.55. The fourth-order valence-electron chi connectivity index (χ4n) is 2.46. The van der Waals surface area contributed by atoms with E-state index in [9.17, 15) is 14.0 Å². The van der Waals surface area contributed by atoms with E-state index in [-0.39, 0.29) is 41.2 Å². The Labute approximate surface area is 163 Å². The molecule has 2 heterocycles. The molecule has 0 aliphatic heterocycles. The average Bonchev–Trinajstić information content (AvgIpc) is 3.34. The highest BCUT2D eigenvalue weighted by Crippen LogP contribution is 2.33. The van der Waals surface area contributed by atoms with Gasteiger partial charge in [0.1, 0.15) is 5.56 Å². The quantitative estimate of drug-likeness (QED) is 0.587. The topological polar surface area (TPSA) is 150 Å². The van der Waals surface area contributed by atoms with Crippen molar-refractivity contribution >= 4 is 17.6 Å². The predicted molar refractivity (Wildman–Crippen MR) is 96.8 cm³/mol. The molecule has 0 aliphatic carbocycles. The lowest BCUT2D eigenvalue weighted by Gasteiger charge is -2.11. The second-order valence-corrected chi connectivity index (χ2v) is 6.02. The van der Waals surface area contributed by atoms with Gasteiger partial charge < -0.3 is 29.7 Å². The van der Waals surface area contributed by atoms with Crippen molar-refractivity contribution in [1.82, 2.24) is 20.6 Å². The van der Waals surface area contributed by atoms with Gasteiger partial charge >= 0.3 is 11.8 Å². The summed E-state index contributed by atoms with van der Waals surface area (Å²) in [6, 6.07) is 4.02. The van der Waals surface area contributed by atoms with Gasteiger partial charge in [-0.3, -0.25) is 9.59 Å². The summed E-state index contributed by atoms with van der Waals surface area (Å²) in [5, 5.41) is 10.1. The molecule has 2 aromatic heterocycles. The van der Waals surface area contributed by atoms with Crippen LogP contribution in [0.4, 0.5) is 10.2 Å². The van der Waals surface area contributed by atoms with Gasteiger partial charge in [0.15, 0.2) is 29.0 Å². The highest BCUT2D eigenvalue weighted by atomic mass is 19.1. The highest BCUT2D eigenvalue weighted by molar-refractivity contribution is 6.04. The molecule has 0 bridgehead atoms. The van der Waals surface area contributed by atoms with Crippen molar-refractivity contribution in [2.75, 3.05) is 26.1 Å². The molecule has 0 unspecified atom stereocenters. The van der Waals surface area contributed by atoms with Gasteiger partial charge in [-0.15, -0.1) is 0 Å². The van der Waals surface area contributed by atoms with Gasteiger partial charge in [-0.25, -0.2) is 4.39 Å². The molecule has 2 amide bonds. The number of carbonyl (C=O) groups excluding carboxylic acids is 2. The molecule has 3 rings (SSSR count). The predicted octanol–water partition coefficient (Wildman–Crippen LogP) is 0.967. The van der Waals surface area contributed by atoms with Crippen molar-refractivity contribution in [1.29, 1.82) is 0 Å². The third-order valence-electron chi connectivity index (χ3n) is 3.82. The maximum Gasteiger partial charge on any atom is 0.315 e. The highest BCUT2D eigenvalue weighted by Gasteiger charge is 2.26. The SMILES string of the molecule is COc1cc(-c2onc(N(C)C)c2C(=O)NCc2noc(C(N)=O)n2)ccc1F. The molecule has 1 aromatic carbocycles. The Kier molecular flexibility index (Phi) is 5.43. The average molecular weight is 404 g/mol. The number of amides is 2. The molecule has 0 radical (unpaired) electrons. The maximum atomic E-state index is 13.7. The zero-order valence-electron chi connectivity index (χ0n) is 15.7. The van der Waals surface area contributed by atoms with Crippen LogP contribution in [0.3, 0.4) is 0 Å². The summed E-state index contributed by atoms with van der Waals surface area (Å²) in [5.74, 6) is -1.94. The van der Waals surface area contributed by atoms with E-state index < -0.39 is 17.6 Å². The minimum atomic E-state index is -0.878. The number of halogens is 1. The van der Waals surface area contributed by atoms with Gasteiger partial charge in [-0.2, -0.15) is 4.98 Å². The van der Waals surface area contributed by atoms with E-state index >= 15 is 0 Å². The van der Waals surface area contributed by atoms with E-state index in [1.807, 2.05) is 0 Å². The smallest absolute Gasteiger partial charge is 0.315 e. The number of primary amides is 1. The first-order valence-electron chi connectivity index (χ1n) is 8.23. The van der Waals surface area contributed by atoms with E-state index in [0.717, 1.165) is 0 Å². The number of hydrogen-bond donors (Lipinski definition) is 2. The molecule has 0 saturated carbocycles. The van der Waals surface area contributed by atoms with Crippen LogP contribution in [0.1, 0.15) is 26.9 Å². The van der Waals surface area contributed by atoms with Crippen LogP contribution in [0.5, 0.6) is 5.75 Å². The Morgan fingerprint density at radius 1 is 1.28 bits per heavy atom. The van der Waals surface area contributed by atoms with Gasteiger partial charge in [-0.05, 0) is 18.2 Å². The van der Waals surface area contributed by atoms with Crippen LogP contribution in [-0.2, 0) is 6.54 Å². The van der Waals surface area contributed by atoms with Crippen molar-refractivity contribution in [3.8, 4) is 17.1 Å². The lowest BCUT2D eigenvalue weighted by molar-refractivity contribution is 0.0944. The van der Waals surface area contributed by atoms with Crippen molar-refractivity contribution in [2.24, 2.45) is 5.73 Å². The Morgan fingerprint density at radius 3 is 2.66 bits per heavy atom. The summed E-state index contributed by atoms with van der Waals surface area (Å²) in [7, 11) is 4.69. The summed E-state index contributed by atoms with van der Waals surface area (Å²) >= 11 is 0. The number of nitrogens with zero attached hydrogens (tertiary/aromatic N) is 4. The molecule has 0 saturated heterocycles. The van der Waals surface area contributed by atoms with Crippen LogP contribution < -0.4 is 20.7 Å². The number of methoxy groups -OCH3 is 1. The second-order valence-electron chi connectivity index (χ2n) is 6.02. The fourth-order valence-corrected chi connectivity index (χ4v) is 2.46. The summed E-state index contributed by atoms with van der Waals surface area (Å²) in [4.78, 5) is 29.2. The van der Waals surface area contributed by atoms with Crippen molar-refractivity contribution in [3.63, 3.8) is 0 Å². The number of benzene rings is 1. The Bertz CT molecular complexity index is 1060. The molecule has 0 atom stereocenters. The monoisotopic (exact) mass is 404 g/mol. The molecule has 0 spiro atoms. The Morgan fingerprint density at radius 2 is 2.03 bits per heavy atom. The third kappa shape index (κ3) is 4.00. The minimum Gasteiger partial charge on any atom is -0.494 e. The lowest BCUT2D eigenvalue weighted by Crippen LogP contribution is -2.26. The Hall–Kier alpha value is -3.96. The molecule has 3 N–H and O–H groups in total. The second kappa shape index (κ2) is 7.96. The number of ether oxygens (including phenoxy) is 1. The third-order valence-corrected chi connectivity index (χ3v) is 3.82. The van der Waals surface area contributed by atoms with E-state index in [4.69, 9.17) is 15.0 Å². The molecule has 0 fully saturated rings. The van der Waals surface area contributed by atoms with Crippen LogP contribution in [0.2, 0.25) is 0 Å². The number of hydrogen-bond acceptors (Lipinski definition) is 9. The maximum absolute atomic E-state index is 13.7. The Balaban J connectivity index is 1.91. The first-order chi connectivity index (χ1) is 13.8. The van der Waals surface area contributed by atoms with E-state index in [2.05, 4.69) is 25.1 Å². The molecule has 11 nitrogen and oxygen atoms in total. The van der Waals surface area contributed by atoms with Gasteiger partial charge in [0, 0.05) is 19.7 Å². The molecule has 0 aliphatic rings. The molecule has 12 heteroatoms. The summed E-state index contributed by atoms with van der Waals surface area (Å²) in [6.45, 7) is -0.139. The lowest BCUT2D eigenvalue weighted by atomic mass is 10.1. The van der Waals surface area contributed by atoms with Crippen molar-refractivity contribution < 1.29 is 27.8 Å². The number of nitrogens with two attached hydrogens (primary N) is 1. The standard InChI is InChI=1S/C17H17FN6O5/c1-24(2)15-12(16(26)20-7-11-21-17(14(19)25)29-22-11)13(28-23-15)8-4-5-9(18)10(6-8)27-3/h4-6H,7H2,1-3H3,(H2,19,25)(H,20,26). The van der Waals surface area contributed by atoms with Crippen LogP contribution >= 0.6 is 0 Å². The van der Waals surface area contributed by atoms with E-state index in [1.165, 1.54) is 25.3 Å². The molecule has 3 aromatic rings. The van der Waals surface area contributed by atoms with Gasteiger partial charge in [0.25, 0.3) is 5.91 Å². The largest absolute Gasteiger partial charge is 0.494 e. The van der Waals surface area contributed by atoms with Crippen LogP contribution in [0.25, 0.3) is 11.3 Å². The zero-order chi connectivity index (χ0) is 21.1. The van der Waals surface area contributed by atoms with Gasteiger partial charge in [-0.1, -0.05) is 10.3 Å².